The van der Waals surface area contributed by atoms with Crippen molar-refractivity contribution in [2.45, 2.75) is 64.1 Å². The van der Waals surface area contributed by atoms with Crippen molar-refractivity contribution in [3.05, 3.63) is 126 Å². The van der Waals surface area contributed by atoms with Crippen LogP contribution in [-0.4, -0.2) is 50.4 Å². The van der Waals surface area contributed by atoms with Crippen LogP contribution in [0.15, 0.2) is 108 Å². The summed E-state index contributed by atoms with van der Waals surface area (Å²) in [6, 6.07) is 26.7. The van der Waals surface area contributed by atoms with E-state index in [1.807, 2.05) is 82.3 Å². The van der Waals surface area contributed by atoms with Gasteiger partial charge in [-0.1, -0.05) is 61.5 Å². The summed E-state index contributed by atoms with van der Waals surface area (Å²) in [5.74, 6) is -0.985. The molecule has 0 aliphatic heterocycles. The number of aryl methyl sites for hydroxylation is 1. The van der Waals surface area contributed by atoms with Gasteiger partial charge in [0.1, 0.15) is 24.2 Å². The molecule has 2 atom stereocenters. The molecular formula is C37H42FN3O5S. The van der Waals surface area contributed by atoms with Gasteiger partial charge in [-0.05, 0) is 92.4 Å². The average Bonchev–Trinajstić information content (AvgIpc) is 3.07. The molecule has 0 spiro atoms. The van der Waals surface area contributed by atoms with Gasteiger partial charge in [0.05, 0.1) is 17.2 Å². The van der Waals surface area contributed by atoms with Crippen LogP contribution >= 0.6 is 0 Å². The van der Waals surface area contributed by atoms with Crippen LogP contribution in [0.3, 0.4) is 0 Å². The second-order valence-corrected chi connectivity index (χ2v) is 13.2. The Morgan fingerprint density at radius 2 is 1.51 bits per heavy atom. The predicted molar refractivity (Wildman–Crippen MR) is 182 cm³/mol. The van der Waals surface area contributed by atoms with Gasteiger partial charge in [0.15, 0.2) is 0 Å². The maximum Gasteiger partial charge on any atom is 0.264 e. The maximum atomic E-state index is 14.6. The summed E-state index contributed by atoms with van der Waals surface area (Å²) >= 11 is 0. The minimum atomic E-state index is -4.33. The van der Waals surface area contributed by atoms with Gasteiger partial charge >= 0.3 is 0 Å². The van der Waals surface area contributed by atoms with Gasteiger partial charge < -0.3 is 15.0 Å². The van der Waals surface area contributed by atoms with Crippen molar-refractivity contribution in [2.75, 3.05) is 17.5 Å². The van der Waals surface area contributed by atoms with E-state index in [4.69, 9.17) is 4.74 Å². The smallest absolute Gasteiger partial charge is 0.264 e. The number of nitrogens with one attached hydrogen (secondary N) is 1. The van der Waals surface area contributed by atoms with E-state index in [0.717, 1.165) is 33.1 Å². The molecule has 2 amide bonds. The summed E-state index contributed by atoms with van der Waals surface area (Å²) in [5.41, 5.74) is 2.69. The molecule has 4 aromatic carbocycles. The number of nitrogens with zero attached hydrogens (tertiary/aromatic N) is 2. The lowest BCUT2D eigenvalue weighted by Gasteiger charge is -2.34. The number of carbonyl (C=O) groups excluding carboxylic acids is 2. The number of hydrogen-bond acceptors (Lipinski definition) is 5. The number of rotatable bonds is 15. The van der Waals surface area contributed by atoms with Crippen molar-refractivity contribution in [3.8, 4) is 5.75 Å². The van der Waals surface area contributed by atoms with E-state index in [9.17, 15) is 22.4 Å². The van der Waals surface area contributed by atoms with Gasteiger partial charge in [-0.15, -0.1) is 0 Å². The summed E-state index contributed by atoms with van der Waals surface area (Å²) in [4.78, 5) is 29.9. The SMILES string of the molecule is CCOc1ccc(S(=O)(=O)N(CC(=O)N(Cc2ccccc2C)[C@@H](Cc2ccccc2)C(=O)N[C@H](C)CC)c2ccc(F)cc2)cc1. The first-order valence-electron chi connectivity index (χ1n) is 15.7. The molecule has 47 heavy (non-hydrogen) atoms. The first-order chi connectivity index (χ1) is 22.5. The molecule has 8 nitrogen and oxygen atoms in total. The van der Waals surface area contributed by atoms with E-state index >= 15 is 0 Å². The Morgan fingerprint density at radius 3 is 2.13 bits per heavy atom. The lowest BCUT2D eigenvalue weighted by atomic mass is 10.0. The lowest BCUT2D eigenvalue weighted by Crippen LogP contribution is -2.54. The van der Waals surface area contributed by atoms with E-state index in [0.29, 0.717) is 18.8 Å². The number of sulfonamides is 1. The van der Waals surface area contributed by atoms with Crippen molar-refractivity contribution in [1.82, 2.24) is 10.2 Å². The van der Waals surface area contributed by atoms with E-state index < -0.39 is 34.3 Å². The summed E-state index contributed by atoms with van der Waals surface area (Å²) in [5, 5.41) is 3.03. The van der Waals surface area contributed by atoms with Gasteiger partial charge in [-0.2, -0.15) is 0 Å². The van der Waals surface area contributed by atoms with E-state index in [2.05, 4.69) is 5.32 Å². The highest BCUT2D eigenvalue weighted by Gasteiger charge is 2.35. The van der Waals surface area contributed by atoms with Crippen LogP contribution in [0.5, 0.6) is 5.75 Å². The van der Waals surface area contributed by atoms with Crippen LogP contribution in [0.25, 0.3) is 0 Å². The Kier molecular flexibility index (Phi) is 12.1. The van der Waals surface area contributed by atoms with Crippen LogP contribution in [-0.2, 0) is 32.6 Å². The Hall–Kier alpha value is -4.70. The zero-order valence-corrected chi connectivity index (χ0v) is 28.0. The second kappa shape index (κ2) is 16.2. The normalized spacial score (nSPS) is 12.5. The highest BCUT2D eigenvalue weighted by Crippen LogP contribution is 2.27. The van der Waals surface area contributed by atoms with Gasteiger partial charge in [0.25, 0.3) is 10.0 Å². The van der Waals surface area contributed by atoms with Gasteiger partial charge in [0, 0.05) is 19.0 Å². The maximum absolute atomic E-state index is 14.6. The summed E-state index contributed by atoms with van der Waals surface area (Å²) in [6.07, 6.45) is 0.900. The molecule has 1 N–H and O–H groups in total. The number of anilines is 1. The van der Waals surface area contributed by atoms with Crippen LogP contribution < -0.4 is 14.4 Å². The predicted octanol–water partition coefficient (Wildman–Crippen LogP) is 6.28. The lowest BCUT2D eigenvalue weighted by molar-refractivity contribution is -0.140. The standard InChI is InChI=1S/C37H42FN3O5S/c1-5-28(4)39-37(43)35(24-29-13-8-7-9-14-29)40(25-30-15-11-10-12-27(30)3)36(42)26-41(32-18-16-31(38)17-19-32)47(44,45)34-22-20-33(21-23-34)46-6-2/h7-23,28,35H,5-6,24-26H2,1-4H3,(H,39,43)/t28-,35+/m1/s1. The Balaban J connectivity index is 1.80. The van der Waals surface area contributed by atoms with Crippen molar-refractivity contribution in [2.24, 2.45) is 0 Å². The number of benzene rings is 4. The third-order valence-electron chi connectivity index (χ3n) is 7.99. The molecule has 248 valence electrons. The molecule has 0 saturated carbocycles. The number of halogens is 1. The van der Waals surface area contributed by atoms with Crippen molar-refractivity contribution >= 4 is 27.5 Å². The van der Waals surface area contributed by atoms with Gasteiger partial charge in [-0.3, -0.25) is 13.9 Å². The Bertz CT molecular complexity index is 1730. The average molecular weight is 660 g/mol. The van der Waals surface area contributed by atoms with Gasteiger partial charge in [0.2, 0.25) is 11.8 Å². The highest BCUT2D eigenvalue weighted by molar-refractivity contribution is 7.92. The molecule has 0 unspecified atom stereocenters. The van der Waals surface area contributed by atoms with Gasteiger partial charge in [-0.25, -0.2) is 12.8 Å². The molecule has 4 rings (SSSR count). The third kappa shape index (κ3) is 9.19. The molecule has 0 aromatic heterocycles. The summed E-state index contributed by atoms with van der Waals surface area (Å²) in [7, 11) is -4.33. The molecule has 0 radical (unpaired) electrons. The van der Waals surface area contributed by atoms with Crippen LogP contribution in [0.2, 0.25) is 0 Å². The van der Waals surface area contributed by atoms with Crippen LogP contribution in [0.1, 0.15) is 43.9 Å². The fourth-order valence-electron chi connectivity index (χ4n) is 5.10. The minimum absolute atomic E-state index is 0.0668. The molecular weight excluding hydrogens is 617 g/mol. The Morgan fingerprint density at radius 1 is 0.872 bits per heavy atom. The second-order valence-electron chi connectivity index (χ2n) is 11.4. The highest BCUT2D eigenvalue weighted by atomic mass is 32.2. The molecule has 0 saturated heterocycles. The van der Waals surface area contributed by atoms with Crippen molar-refractivity contribution in [3.63, 3.8) is 0 Å². The molecule has 0 fully saturated rings. The molecule has 0 aliphatic rings. The summed E-state index contributed by atoms with van der Waals surface area (Å²) in [6.45, 7) is 7.44. The topological polar surface area (TPSA) is 96.0 Å². The Labute approximate surface area is 277 Å². The zero-order valence-electron chi connectivity index (χ0n) is 27.2. The van der Waals surface area contributed by atoms with E-state index in [1.165, 1.54) is 29.2 Å². The number of amides is 2. The number of ether oxygens (including phenoxy) is 1. The fraction of sp³-hybridized carbons (Fsp3) is 0.297. The number of carbonyl (C=O) groups is 2. The molecule has 0 bridgehead atoms. The largest absolute Gasteiger partial charge is 0.494 e. The molecule has 4 aromatic rings. The van der Waals surface area contributed by atoms with Crippen LogP contribution in [0, 0.1) is 12.7 Å². The quantitative estimate of drug-likeness (QED) is 0.162. The third-order valence-corrected chi connectivity index (χ3v) is 9.78. The van der Waals surface area contributed by atoms with Crippen LogP contribution in [0.4, 0.5) is 10.1 Å². The van der Waals surface area contributed by atoms with Crippen molar-refractivity contribution in [1.29, 1.82) is 0 Å². The summed E-state index contributed by atoms with van der Waals surface area (Å²) < 4.78 is 48.8. The molecule has 10 heteroatoms. The van der Waals surface area contributed by atoms with E-state index in [1.54, 1.807) is 12.1 Å². The fourth-order valence-corrected chi connectivity index (χ4v) is 6.52. The number of hydrogen-bond donors (Lipinski definition) is 1. The first kappa shape index (κ1) is 35.2. The zero-order chi connectivity index (χ0) is 34.0. The minimum Gasteiger partial charge on any atom is -0.494 e. The monoisotopic (exact) mass is 659 g/mol. The molecule has 0 aliphatic carbocycles. The first-order valence-corrected chi connectivity index (χ1v) is 17.2. The van der Waals surface area contributed by atoms with Crippen molar-refractivity contribution < 1.29 is 27.1 Å². The van der Waals surface area contributed by atoms with E-state index in [-0.39, 0.29) is 35.5 Å². The molecule has 0 heterocycles.